The number of hydrogen-bond acceptors (Lipinski definition) is 4. The molecule has 0 saturated carbocycles. The van der Waals surface area contributed by atoms with Crippen LogP contribution in [0, 0.1) is 11.3 Å². The second kappa shape index (κ2) is 8.58. The van der Waals surface area contributed by atoms with Gasteiger partial charge in [-0.3, -0.25) is 4.72 Å². The third-order valence-corrected chi connectivity index (χ3v) is 6.02. The smallest absolute Gasteiger partial charge is 0.232 e. The van der Waals surface area contributed by atoms with Crippen molar-refractivity contribution >= 4 is 26.6 Å². The lowest BCUT2D eigenvalue weighted by Gasteiger charge is -2.12. The van der Waals surface area contributed by atoms with E-state index >= 15 is 0 Å². The number of nitrogens with one attached hydrogen (secondary N) is 1. The maximum Gasteiger partial charge on any atom is 0.232 e. The summed E-state index contributed by atoms with van der Waals surface area (Å²) in [5.74, 6) is 0.787. The molecule has 0 radical (unpaired) electrons. The minimum Gasteiger partial charge on any atom is -0.494 e. The lowest BCUT2D eigenvalue weighted by atomic mass is 10.1. The molecule has 1 N–H and O–H groups in total. The Balaban J connectivity index is 2.15. The Bertz CT molecular complexity index is 1160. The van der Waals surface area contributed by atoms with Crippen LogP contribution >= 0.6 is 0 Å². The highest BCUT2D eigenvalue weighted by Gasteiger charge is 2.19. The SMILES string of the molecule is CCCn1c(-c2ccc(NS(=O)(=O)CC)cc2)c(C#N)c2ccc(OCC)cc21. The number of aryl methyl sites for hydroxylation is 1. The molecule has 0 fully saturated rings. The number of aromatic nitrogens is 1. The monoisotopic (exact) mass is 411 g/mol. The van der Waals surface area contributed by atoms with Crippen molar-refractivity contribution in [3.63, 3.8) is 0 Å². The van der Waals surface area contributed by atoms with E-state index in [4.69, 9.17) is 4.74 Å². The maximum atomic E-state index is 11.8. The largest absolute Gasteiger partial charge is 0.494 e. The molecule has 1 heterocycles. The number of hydrogen-bond donors (Lipinski definition) is 1. The normalized spacial score (nSPS) is 11.4. The average molecular weight is 412 g/mol. The zero-order valence-electron chi connectivity index (χ0n) is 16.9. The number of ether oxygens (including phenoxy) is 1. The van der Waals surface area contributed by atoms with E-state index in [1.54, 1.807) is 19.1 Å². The molecule has 6 nitrogen and oxygen atoms in total. The van der Waals surface area contributed by atoms with E-state index in [-0.39, 0.29) is 5.75 Å². The Hall–Kier alpha value is -2.98. The van der Waals surface area contributed by atoms with Gasteiger partial charge in [-0.25, -0.2) is 8.42 Å². The third kappa shape index (κ3) is 4.22. The van der Waals surface area contributed by atoms with Crippen LogP contribution in [0.5, 0.6) is 5.75 Å². The Morgan fingerprint density at radius 2 is 1.83 bits per heavy atom. The van der Waals surface area contributed by atoms with Crippen LogP contribution in [-0.2, 0) is 16.6 Å². The molecule has 0 amide bonds. The van der Waals surface area contributed by atoms with Gasteiger partial charge in [-0.05, 0) is 50.1 Å². The summed E-state index contributed by atoms with van der Waals surface area (Å²) in [6, 6.07) is 15.3. The summed E-state index contributed by atoms with van der Waals surface area (Å²) in [4.78, 5) is 0. The number of anilines is 1. The number of sulfonamides is 1. The summed E-state index contributed by atoms with van der Waals surface area (Å²) in [6.07, 6.45) is 0.912. The van der Waals surface area contributed by atoms with Gasteiger partial charge in [0, 0.05) is 23.7 Å². The van der Waals surface area contributed by atoms with Crippen molar-refractivity contribution < 1.29 is 13.2 Å². The lowest BCUT2D eigenvalue weighted by Crippen LogP contribution is -2.14. The molecule has 0 aliphatic carbocycles. The fourth-order valence-electron chi connectivity index (χ4n) is 3.40. The van der Waals surface area contributed by atoms with Crippen molar-refractivity contribution in [2.24, 2.45) is 0 Å². The van der Waals surface area contributed by atoms with Gasteiger partial charge in [0.25, 0.3) is 0 Å². The van der Waals surface area contributed by atoms with E-state index < -0.39 is 10.0 Å². The zero-order valence-corrected chi connectivity index (χ0v) is 17.7. The molecular formula is C22H25N3O3S. The van der Waals surface area contributed by atoms with Crippen LogP contribution in [0.3, 0.4) is 0 Å². The minimum atomic E-state index is -3.33. The highest BCUT2D eigenvalue weighted by Crippen LogP contribution is 2.36. The number of rotatable bonds is 8. The van der Waals surface area contributed by atoms with E-state index in [1.807, 2.05) is 37.3 Å². The summed E-state index contributed by atoms with van der Waals surface area (Å²) < 4.78 is 33.9. The molecular weight excluding hydrogens is 386 g/mol. The van der Waals surface area contributed by atoms with Crippen molar-refractivity contribution in [2.45, 2.75) is 33.7 Å². The Morgan fingerprint density at radius 1 is 1.10 bits per heavy atom. The van der Waals surface area contributed by atoms with Gasteiger partial charge >= 0.3 is 0 Å². The number of nitriles is 1. The summed E-state index contributed by atoms with van der Waals surface area (Å²) >= 11 is 0. The first-order chi connectivity index (χ1) is 13.9. The molecule has 0 spiro atoms. The van der Waals surface area contributed by atoms with Crippen LogP contribution in [0.2, 0.25) is 0 Å². The van der Waals surface area contributed by atoms with Crippen LogP contribution < -0.4 is 9.46 Å². The maximum absolute atomic E-state index is 11.8. The van der Waals surface area contributed by atoms with E-state index in [0.29, 0.717) is 17.9 Å². The van der Waals surface area contributed by atoms with Crippen molar-refractivity contribution in [3.05, 3.63) is 48.0 Å². The van der Waals surface area contributed by atoms with Gasteiger partial charge in [0.15, 0.2) is 0 Å². The van der Waals surface area contributed by atoms with E-state index in [0.717, 1.165) is 40.9 Å². The third-order valence-electron chi connectivity index (χ3n) is 4.72. The number of benzene rings is 2. The highest BCUT2D eigenvalue weighted by molar-refractivity contribution is 7.92. The predicted octanol–water partition coefficient (Wildman–Crippen LogP) is 4.75. The molecule has 2 aromatic carbocycles. The average Bonchev–Trinajstić information content (AvgIpc) is 3.02. The highest BCUT2D eigenvalue weighted by atomic mass is 32.2. The Kier molecular flexibility index (Phi) is 6.14. The van der Waals surface area contributed by atoms with Gasteiger partial charge in [-0.15, -0.1) is 0 Å². The standard InChI is InChI=1S/C22H25N3O3S/c1-4-13-25-21-14-18(28-5-2)11-12-19(21)20(15-23)22(25)16-7-9-17(10-8-16)24-29(26,27)6-3/h7-12,14,24H,4-6,13H2,1-3H3. The first-order valence-electron chi connectivity index (χ1n) is 9.74. The van der Waals surface area contributed by atoms with Crippen LogP contribution in [-0.4, -0.2) is 25.3 Å². The second-order valence-electron chi connectivity index (χ2n) is 6.68. The molecule has 0 saturated heterocycles. The quantitative estimate of drug-likeness (QED) is 0.580. The lowest BCUT2D eigenvalue weighted by molar-refractivity contribution is 0.340. The van der Waals surface area contributed by atoms with E-state index in [1.165, 1.54) is 0 Å². The molecule has 0 aliphatic heterocycles. The first kappa shape index (κ1) is 20.7. The second-order valence-corrected chi connectivity index (χ2v) is 8.69. The zero-order chi connectivity index (χ0) is 21.0. The van der Waals surface area contributed by atoms with Gasteiger partial charge < -0.3 is 9.30 Å². The van der Waals surface area contributed by atoms with Crippen molar-refractivity contribution in [3.8, 4) is 23.1 Å². The fourth-order valence-corrected chi connectivity index (χ4v) is 4.04. The van der Waals surface area contributed by atoms with Crippen LogP contribution in [0.1, 0.15) is 32.8 Å². The Labute approximate surface area is 171 Å². The van der Waals surface area contributed by atoms with Crippen LogP contribution in [0.4, 0.5) is 5.69 Å². The summed E-state index contributed by atoms with van der Waals surface area (Å²) in [7, 11) is -3.33. The minimum absolute atomic E-state index is 0.0141. The predicted molar refractivity (Wildman–Crippen MR) is 117 cm³/mol. The molecule has 7 heteroatoms. The molecule has 152 valence electrons. The van der Waals surface area contributed by atoms with Crippen molar-refractivity contribution in [1.29, 1.82) is 5.26 Å². The van der Waals surface area contributed by atoms with Gasteiger partial charge in [0.1, 0.15) is 11.8 Å². The van der Waals surface area contributed by atoms with E-state index in [9.17, 15) is 13.7 Å². The number of nitrogens with zero attached hydrogens (tertiary/aromatic N) is 2. The molecule has 3 aromatic rings. The van der Waals surface area contributed by atoms with Gasteiger partial charge in [-0.2, -0.15) is 5.26 Å². The molecule has 29 heavy (non-hydrogen) atoms. The topological polar surface area (TPSA) is 84.1 Å². The summed E-state index contributed by atoms with van der Waals surface area (Å²) in [6.45, 7) is 6.96. The molecule has 0 atom stereocenters. The van der Waals surface area contributed by atoms with Crippen LogP contribution in [0.25, 0.3) is 22.2 Å². The fraction of sp³-hybridized carbons (Fsp3) is 0.318. The summed E-state index contributed by atoms with van der Waals surface area (Å²) in [5.41, 5.74) is 3.77. The first-order valence-corrected chi connectivity index (χ1v) is 11.4. The van der Waals surface area contributed by atoms with E-state index in [2.05, 4.69) is 22.3 Å². The summed E-state index contributed by atoms with van der Waals surface area (Å²) in [5, 5.41) is 10.8. The molecule has 0 aliphatic rings. The molecule has 1 aromatic heterocycles. The van der Waals surface area contributed by atoms with Gasteiger partial charge in [0.05, 0.1) is 29.1 Å². The van der Waals surface area contributed by atoms with Gasteiger partial charge in [-0.1, -0.05) is 19.1 Å². The molecule has 0 unspecified atom stereocenters. The Morgan fingerprint density at radius 3 is 2.41 bits per heavy atom. The van der Waals surface area contributed by atoms with Crippen molar-refractivity contribution in [2.75, 3.05) is 17.1 Å². The van der Waals surface area contributed by atoms with Crippen LogP contribution in [0.15, 0.2) is 42.5 Å². The number of fused-ring (bicyclic) bond motifs is 1. The van der Waals surface area contributed by atoms with Gasteiger partial charge in [0.2, 0.25) is 10.0 Å². The van der Waals surface area contributed by atoms with Crippen molar-refractivity contribution in [1.82, 2.24) is 4.57 Å². The molecule has 0 bridgehead atoms. The molecule has 3 rings (SSSR count).